The van der Waals surface area contributed by atoms with Crippen LogP contribution in [0.5, 0.6) is 11.5 Å². The molecule has 1 aliphatic rings. The number of carbonyl (C=O) groups is 2. The van der Waals surface area contributed by atoms with E-state index in [2.05, 4.69) is 5.32 Å². The number of benzene rings is 3. The number of nitrogens with one attached hydrogen (secondary N) is 1. The Morgan fingerprint density at radius 3 is 2.14 bits per heavy atom. The molecule has 3 aromatic carbocycles. The van der Waals surface area contributed by atoms with Crippen LogP contribution in [0, 0.1) is 10.1 Å². The molecule has 0 heterocycles. The highest BCUT2D eigenvalue weighted by atomic mass is 16.6. The Morgan fingerprint density at radius 2 is 1.46 bits per heavy atom. The predicted molar refractivity (Wildman–Crippen MR) is 99.5 cm³/mol. The van der Waals surface area contributed by atoms with Crippen molar-refractivity contribution in [2.75, 3.05) is 5.32 Å². The molecule has 0 fully saturated rings. The first-order chi connectivity index (χ1) is 13.4. The van der Waals surface area contributed by atoms with Crippen LogP contribution in [0.15, 0.2) is 54.6 Å². The molecular weight excluding hydrogens is 364 g/mol. The fourth-order valence-electron chi connectivity index (χ4n) is 3.23. The average molecular weight is 376 g/mol. The number of ketones is 2. The van der Waals surface area contributed by atoms with Crippen molar-refractivity contribution in [3.63, 3.8) is 0 Å². The van der Waals surface area contributed by atoms with Crippen molar-refractivity contribution >= 4 is 28.6 Å². The highest BCUT2D eigenvalue weighted by Crippen LogP contribution is 2.43. The van der Waals surface area contributed by atoms with Gasteiger partial charge in [0.05, 0.1) is 21.7 Å². The van der Waals surface area contributed by atoms with Crippen LogP contribution >= 0.6 is 0 Å². The Kier molecular flexibility index (Phi) is 3.82. The van der Waals surface area contributed by atoms with Gasteiger partial charge in [0.2, 0.25) is 11.5 Å². The number of rotatable bonds is 3. The van der Waals surface area contributed by atoms with Crippen molar-refractivity contribution < 1.29 is 24.7 Å². The summed E-state index contributed by atoms with van der Waals surface area (Å²) in [4.78, 5) is 36.2. The van der Waals surface area contributed by atoms with Gasteiger partial charge in [-0.1, -0.05) is 18.2 Å². The maximum Gasteiger partial charge on any atom is 0.311 e. The SMILES string of the molecule is O=C1c2ccc([N+](=O)[O-])c(O)c2C(=O)c2c1ccc(O)c2Nc1ccccc1. The fraction of sp³-hybridized carbons (Fsp3) is 0. The first-order valence-corrected chi connectivity index (χ1v) is 8.18. The van der Waals surface area contributed by atoms with Gasteiger partial charge in [0.25, 0.3) is 0 Å². The molecule has 3 N–H and O–H groups in total. The van der Waals surface area contributed by atoms with E-state index < -0.39 is 33.5 Å². The Bertz CT molecular complexity index is 1170. The van der Waals surface area contributed by atoms with Crippen LogP contribution in [0.25, 0.3) is 0 Å². The number of phenolic OH excluding ortho intramolecular Hbond substituents is 2. The zero-order valence-corrected chi connectivity index (χ0v) is 14.2. The molecule has 4 rings (SSSR count). The summed E-state index contributed by atoms with van der Waals surface area (Å²) < 4.78 is 0. The molecule has 0 atom stereocenters. The van der Waals surface area contributed by atoms with Crippen LogP contribution < -0.4 is 5.32 Å². The van der Waals surface area contributed by atoms with Crippen molar-refractivity contribution in [3.8, 4) is 11.5 Å². The van der Waals surface area contributed by atoms with Crippen molar-refractivity contribution in [2.24, 2.45) is 0 Å². The van der Waals surface area contributed by atoms with Crippen molar-refractivity contribution in [1.29, 1.82) is 0 Å². The van der Waals surface area contributed by atoms with Gasteiger partial charge in [-0.05, 0) is 30.3 Å². The minimum Gasteiger partial charge on any atom is -0.506 e. The Hall–Kier alpha value is -4.20. The lowest BCUT2D eigenvalue weighted by atomic mass is 9.82. The summed E-state index contributed by atoms with van der Waals surface area (Å²) in [7, 11) is 0. The molecule has 8 nitrogen and oxygen atoms in total. The normalized spacial score (nSPS) is 12.3. The second-order valence-electron chi connectivity index (χ2n) is 6.14. The summed E-state index contributed by atoms with van der Waals surface area (Å²) in [5.41, 5.74) is -0.843. The molecule has 0 saturated heterocycles. The number of nitro groups is 1. The maximum absolute atomic E-state index is 13.1. The van der Waals surface area contributed by atoms with Crippen molar-refractivity contribution in [2.45, 2.75) is 0 Å². The summed E-state index contributed by atoms with van der Waals surface area (Å²) in [6, 6.07) is 13.4. The zero-order chi connectivity index (χ0) is 20.0. The minimum absolute atomic E-state index is 0.0152. The van der Waals surface area contributed by atoms with Gasteiger partial charge in [-0.3, -0.25) is 19.7 Å². The highest BCUT2D eigenvalue weighted by Gasteiger charge is 2.37. The molecule has 28 heavy (non-hydrogen) atoms. The molecule has 0 bridgehead atoms. The number of anilines is 2. The van der Waals surface area contributed by atoms with Crippen molar-refractivity contribution in [1.82, 2.24) is 0 Å². The third-order valence-electron chi connectivity index (χ3n) is 4.52. The van der Waals surface area contributed by atoms with Crippen LogP contribution in [0.1, 0.15) is 31.8 Å². The van der Waals surface area contributed by atoms with Crippen LogP contribution in [0.3, 0.4) is 0 Å². The average Bonchev–Trinajstić information content (AvgIpc) is 2.68. The number of aromatic hydroxyl groups is 2. The highest BCUT2D eigenvalue weighted by molar-refractivity contribution is 6.31. The lowest BCUT2D eigenvalue weighted by Crippen LogP contribution is -2.22. The lowest BCUT2D eigenvalue weighted by Gasteiger charge is -2.22. The largest absolute Gasteiger partial charge is 0.506 e. The summed E-state index contributed by atoms with van der Waals surface area (Å²) in [6.45, 7) is 0. The molecule has 0 spiro atoms. The van der Waals surface area contributed by atoms with Gasteiger partial charge in [0.1, 0.15) is 5.75 Å². The number of fused-ring (bicyclic) bond motifs is 2. The number of phenols is 2. The number of hydrogen-bond acceptors (Lipinski definition) is 7. The summed E-state index contributed by atoms with van der Waals surface area (Å²) in [6.07, 6.45) is 0. The Morgan fingerprint density at radius 1 is 0.821 bits per heavy atom. The summed E-state index contributed by atoms with van der Waals surface area (Å²) in [5, 5.41) is 34.6. The molecule has 0 unspecified atom stereocenters. The van der Waals surface area contributed by atoms with Gasteiger partial charge in [-0.15, -0.1) is 0 Å². The zero-order valence-electron chi connectivity index (χ0n) is 14.2. The molecular formula is C20H12N2O6. The molecule has 0 amide bonds. The molecule has 8 heteroatoms. The van der Waals surface area contributed by atoms with E-state index in [1.807, 2.05) is 0 Å². The van der Waals surface area contributed by atoms with Crippen LogP contribution in [-0.2, 0) is 0 Å². The van der Waals surface area contributed by atoms with Crippen LogP contribution in [0.4, 0.5) is 17.1 Å². The Labute approximate surface area is 157 Å². The second-order valence-corrected chi connectivity index (χ2v) is 6.14. The third kappa shape index (κ3) is 2.47. The van der Waals surface area contributed by atoms with Gasteiger partial charge in [-0.25, -0.2) is 0 Å². The maximum atomic E-state index is 13.1. The third-order valence-corrected chi connectivity index (χ3v) is 4.52. The van der Waals surface area contributed by atoms with Crippen LogP contribution in [0.2, 0.25) is 0 Å². The molecule has 0 aliphatic heterocycles. The molecule has 138 valence electrons. The van der Waals surface area contributed by atoms with Crippen LogP contribution in [-0.4, -0.2) is 26.7 Å². The van der Waals surface area contributed by atoms with Crippen molar-refractivity contribution in [3.05, 3.63) is 87.0 Å². The first kappa shape index (κ1) is 17.2. The topological polar surface area (TPSA) is 130 Å². The van der Waals surface area contributed by atoms with E-state index in [1.54, 1.807) is 30.3 Å². The number of carbonyl (C=O) groups excluding carboxylic acids is 2. The fourth-order valence-corrected chi connectivity index (χ4v) is 3.23. The van der Waals surface area contributed by atoms with E-state index in [0.717, 1.165) is 12.1 Å². The molecule has 3 aromatic rings. The standard InChI is InChI=1S/C20H12N2O6/c23-14-9-7-11-15(17(14)21-10-4-2-1-3-5-10)20(26)16-12(18(11)24)6-8-13(19(16)25)22(27)28/h1-9,21,23,25H. The molecule has 0 radical (unpaired) electrons. The smallest absolute Gasteiger partial charge is 0.311 e. The van der Waals surface area contributed by atoms with E-state index in [-0.39, 0.29) is 28.1 Å². The van der Waals surface area contributed by atoms with Gasteiger partial charge < -0.3 is 15.5 Å². The predicted octanol–water partition coefficient (Wildman–Crippen LogP) is 3.53. The van der Waals surface area contributed by atoms with Gasteiger partial charge in [0, 0.05) is 22.9 Å². The molecule has 1 aliphatic carbocycles. The van der Waals surface area contributed by atoms with E-state index >= 15 is 0 Å². The molecule has 0 saturated carbocycles. The van der Waals surface area contributed by atoms with E-state index in [0.29, 0.717) is 5.69 Å². The Balaban J connectivity index is 1.95. The minimum atomic E-state index is -0.875. The van der Waals surface area contributed by atoms with E-state index in [9.17, 15) is 29.9 Å². The van der Waals surface area contributed by atoms with Gasteiger partial charge >= 0.3 is 5.69 Å². The monoisotopic (exact) mass is 376 g/mol. The first-order valence-electron chi connectivity index (χ1n) is 8.18. The number of nitrogens with zero attached hydrogens (tertiary/aromatic N) is 1. The summed E-state index contributed by atoms with van der Waals surface area (Å²) >= 11 is 0. The summed E-state index contributed by atoms with van der Waals surface area (Å²) in [5.74, 6) is -2.52. The van der Waals surface area contributed by atoms with Gasteiger partial charge in [0.15, 0.2) is 5.78 Å². The number of para-hydroxylation sites is 1. The number of hydrogen-bond donors (Lipinski definition) is 3. The number of nitro benzene ring substituents is 1. The van der Waals surface area contributed by atoms with E-state index in [1.165, 1.54) is 12.1 Å². The quantitative estimate of drug-likeness (QED) is 0.283. The lowest BCUT2D eigenvalue weighted by molar-refractivity contribution is -0.385. The van der Waals surface area contributed by atoms with Gasteiger partial charge in [-0.2, -0.15) is 0 Å². The van der Waals surface area contributed by atoms with E-state index in [4.69, 9.17) is 0 Å². The molecule has 0 aromatic heterocycles. The second kappa shape index (κ2) is 6.20.